The number of pyridine rings is 1. The molecule has 1 heterocycles. The Labute approximate surface area is 99.1 Å². The van der Waals surface area contributed by atoms with E-state index in [-0.39, 0.29) is 11.5 Å². The first-order valence-corrected chi connectivity index (χ1v) is 5.18. The predicted octanol–water partition coefficient (Wildman–Crippen LogP) is 2.68. The van der Waals surface area contributed by atoms with Crippen molar-refractivity contribution in [2.45, 2.75) is 0 Å². The molecule has 2 aromatic rings. The fourth-order valence-electron chi connectivity index (χ4n) is 1.40. The van der Waals surface area contributed by atoms with Crippen molar-refractivity contribution in [3.05, 3.63) is 66.0 Å². The molecule has 0 amide bonds. The summed E-state index contributed by atoms with van der Waals surface area (Å²) in [6.45, 7) is 0. The molecule has 0 unspecified atom stereocenters. The number of para-hydroxylation sites is 1. The van der Waals surface area contributed by atoms with Crippen molar-refractivity contribution in [1.82, 2.24) is 4.98 Å². The highest BCUT2D eigenvalue weighted by molar-refractivity contribution is 6.06. The molecule has 3 nitrogen and oxygen atoms in total. The molecule has 0 saturated heterocycles. The molecule has 0 aliphatic carbocycles. The molecule has 0 aliphatic heterocycles. The topological polar surface area (TPSA) is 50.2 Å². The van der Waals surface area contributed by atoms with Crippen LogP contribution in [0.2, 0.25) is 0 Å². The summed E-state index contributed by atoms with van der Waals surface area (Å²) in [6, 6.07) is 10.3. The van der Waals surface area contributed by atoms with Crippen LogP contribution >= 0.6 is 0 Å². The molecule has 1 aromatic heterocycles. The number of benzene rings is 1. The Kier molecular flexibility index (Phi) is 3.31. The van der Waals surface area contributed by atoms with Gasteiger partial charge >= 0.3 is 0 Å². The smallest absolute Gasteiger partial charge is 0.187 e. The van der Waals surface area contributed by atoms with E-state index in [0.717, 1.165) is 0 Å². The summed E-state index contributed by atoms with van der Waals surface area (Å²) in [6.07, 6.45) is 6.14. The Morgan fingerprint density at radius 1 is 1.18 bits per heavy atom. The molecule has 1 N–H and O–H groups in total. The first kappa shape index (κ1) is 11.1. The normalized spacial score (nSPS) is 10.6. The van der Waals surface area contributed by atoms with Crippen molar-refractivity contribution in [2.24, 2.45) is 0 Å². The number of aromatic hydroxyl groups is 1. The van der Waals surface area contributed by atoms with E-state index in [0.29, 0.717) is 11.1 Å². The van der Waals surface area contributed by atoms with Crippen molar-refractivity contribution in [3.8, 4) is 5.75 Å². The number of hydrogen-bond donors (Lipinski definition) is 1. The van der Waals surface area contributed by atoms with Gasteiger partial charge in [-0.15, -0.1) is 0 Å². The maximum atomic E-state index is 11.7. The molecular weight excluding hydrogens is 214 g/mol. The van der Waals surface area contributed by atoms with E-state index in [1.807, 2.05) is 0 Å². The number of allylic oxidation sites excluding steroid dienone is 1. The van der Waals surface area contributed by atoms with Crippen molar-refractivity contribution in [1.29, 1.82) is 0 Å². The van der Waals surface area contributed by atoms with E-state index in [1.54, 1.807) is 48.7 Å². The average molecular weight is 225 g/mol. The Bertz CT molecular complexity index is 547. The molecule has 0 aliphatic rings. The van der Waals surface area contributed by atoms with Gasteiger partial charge in [0, 0.05) is 23.5 Å². The molecule has 0 atom stereocenters. The third kappa shape index (κ3) is 2.78. The van der Waals surface area contributed by atoms with Crippen LogP contribution in [-0.4, -0.2) is 15.9 Å². The number of aromatic nitrogens is 1. The van der Waals surface area contributed by atoms with Crippen LogP contribution in [0.25, 0.3) is 6.08 Å². The van der Waals surface area contributed by atoms with Gasteiger partial charge in [-0.2, -0.15) is 0 Å². The zero-order chi connectivity index (χ0) is 12.1. The van der Waals surface area contributed by atoms with Crippen molar-refractivity contribution >= 4 is 11.9 Å². The fraction of sp³-hybridized carbons (Fsp3) is 0. The Morgan fingerprint density at radius 2 is 2.00 bits per heavy atom. The van der Waals surface area contributed by atoms with E-state index < -0.39 is 0 Å². The van der Waals surface area contributed by atoms with Gasteiger partial charge in [0.1, 0.15) is 5.75 Å². The second-order valence-electron chi connectivity index (χ2n) is 3.50. The van der Waals surface area contributed by atoms with Crippen LogP contribution in [0.5, 0.6) is 5.75 Å². The lowest BCUT2D eigenvalue weighted by atomic mass is 10.1. The van der Waals surface area contributed by atoms with Crippen LogP contribution in [0.4, 0.5) is 0 Å². The number of rotatable bonds is 3. The number of hydrogen-bond acceptors (Lipinski definition) is 3. The predicted molar refractivity (Wildman–Crippen MR) is 65.7 cm³/mol. The van der Waals surface area contributed by atoms with Gasteiger partial charge in [-0.05, 0) is 30.4 Å². The maximum Gasteiger partial charge on any atom is 0.187 e. The van der Waals surface area contributed by atoms with Crippen molar-refractivity contribution in [2.75, 3.05) is 0 Å². The van der Waals surface area contributed by atoms with E-state index in [1.165, 1.54) is 12.3 Å². The summed E-state index contributed by atoms with van der Waals surface area (Å²) >= 11 is 0. The standard InChI is InChI=1S/C14H11NO2/c16-13-6-2-1-4-11(13)7-8-14(17)12-5-3-9-15-10-12/h1-10,16H. The van der Waals surface area contributed by atoms with E-state index in [9.17, 15) is 9.90 Å². The monoisotopic (exact) mass is 225 g/mol. The van der Waals surface area contributed by atoms with Gasteiger partial charge in [0.05, 0.1) is 0 Å². The van der Waals surface area contributed by atoms with Gasteiger partial charge in [-0.25, -0.2) is 0 Å². The van der Waals surface area contributed by atoms with E-state index >= 15 is 0 Å². The second-order valence-corrected chi connectivity index (χ2v) is 3.50. The van der Waals surface area contributed by atoms with Gasteiger partial charge < -0.3 is 5.11 Å². The molecule has 0 saturated carbocycles. The van der Waals surface area contributed by atoms with Crippen molar-refractivity contribution < 1.29 is 9.90 Å². The zero-order valence-corrected chi connectivity index (χ0v) is 9.08. The molecular formula is C14H11NO2. The van der Waals surface area contributed by atoms with Gasteiger partial charge in [0.15, 0.2) is 5.78 Å². The number of carbonyl (C=O) groups excluding carboxylic acids is 1. The molecule has 1 aromatic carbocycles. The number of ketones is 1. The Balaban J connectivity index is 2.17. The first-order chi connectivity index (χ1) is 8.27. The van der Waals surface area contributed by atoms with Crippen LogP contribution in [0.3, 0.4) is 0 Å². The maximum absolute atomic E-state index is 11.7. The van der Waals surface area contributed by atoms with E-state index in [2.05, 4.69) is 4.98 Å². The minimum atomic E-state index is -0.138. The molecule has 84 valence electrons. The van der Waals surface area contributed by atoms with Gasteiger partial charge in [0.2, 0.25) is 0 Å². The van der Waals surface area contributed by atoms with Crippen LogP contribution in [-0.2, 0) is 0 Å². The number of carbonyl (C=O) groups is 1. The Morgan fingerprint density at radius 3 is 2.71 bits per heavy atom. The summed E-state index contributed by atoms with van der Waals surface area (Å²) in [5, 5.41) is 9.52. The molecule has 0 fully saturated rings. The molecule has 0 radical (unpaired) electrons. The highest BCUT2D eigenvalue weighted by atomic mass is 16.3. The number of phenols is 1. The lowest BCUT2D eigenvalue weighted by Crippen LogP contribution is -1.93. The van der Waals surface area contributed by atoms with Gasteiger partial charge in [0.25, 0.3) is 0 Å². The van der Waals surface area contributed by atoms with Crippen LogP contribution in [0.1, 0.15) is 15.9 Å². The fourth-order valence-corrected chi connectivity index (χ4v) is 1.40. The molecule has 3 heteroatoms. The molecule has 0 bridgehead atoms. The average Bonchev–Trinajstić information content (AvgIpc) is 2.38. The van der Waals surface area contributed by atoms with Crippen LogP contribution in [0.15, 0.2) is 54.9 Å². The van der Waals surface area contributed by atoms with Gasteiger partial charge in [-0.3, -0.25) is 9.78 Å². The SMILES string of the molecule is O=C(C=Cc1ccccc1O)c1cccnc1. The molecule has 0 spiro atoms. The summed E-state index contributed by atoms with van der Waals surface area (Å²) in [5.74, 6) is 0.0177. The highest BCUT2D eigenvalue weighted by Crippen LogP contribution is 2.17. The third-order valence-corrected chi connectivity index (χ3v) is 2.30. The van der Waals surface area contributed by atoms with Gasteiger partial charge in [-0.1, -0.05) is 18.2 Å². The minimum Gasteiger partial charge on any atom is -0.507 e. The van der Waals surface area contributed by atoms with Crippen molar-refractivity contribution in [3.63, 3.8) is 0 Å². The highest BCUT2D eigenvalue weighted by Gasteiger charge is 2.01. The zero-order valence-electron chi connectivity index (χ0n) is 9.08. The van der Waals surface area contributed by atoms with Crippen LogP contribution in [0, 0.1) is 0 Å². The van der Waals surface area contributed by atoms with E-state index in [4.69, 9.17) is 0 Å². The third-order valence-electron chi connectivity index (χ3n) is 2.30. The van der Waals surface area contributed by atoms with Crippen LogP contribution < -0.4 is 0 Å². The number of phenolic OH excluding ortho intramolecular Hbond substituents is 1. The summed E-state index contributed by atoms with van der Waals surface area (Å²) in [4.78, 5) is 15.6. The minimum absolute atomic E-state index is 0.138. The summed E-state index contributed by atoms with van der Waals surface area (Å²) in [7, 11) is 0. The largest absolute Gasteiger partial charge is 0.507 e. The first-order valence-electron chi connectivity index (χ1n) is 5.18. The molecule has 17 heavy (non-hydrogen) atoms. The summed E-state index contributed by atoms with van der Waals surface area (Å²) in [5.41, 5.74) is 1.14. The molecule has 2 rings (SSSR count). The summed E-state index contributed by atoms with van der Waals surface area (Å²) < 4.78 is 0. The second kappa shape index (κ2) is 5.07. The quantitative estimate of drug-likeness (QED) is 0.645. The number of nitrogens with zero attached hydrogens (tertiary/aromatic N) is 1. The lowest BCUT2D eigenvalue weighted by molar-refractivity contribution is 0.104. The lowest BCUT2D eigenvalue weighted by Gasteiger charge is -1.97. The Hall–Kier alpha value is -2.42.